The second-order valence-electron chi connectivity index (χ2n) is 20.0. The SMILES string of the molecule is CCCCCCCCC(CCCCCC)CC(=O)NCCCCCN(CCCCCNC(=O)CC(CCCCCC)CCCCCCCC)CCN(CCO)C1CCCCCC1. The highest BCUT2D eigenvalue weighted by atomic mass is 16.3. The molecule has 3 N–H and O–H groups in total. The summed E-state index contributed by atoms with van der Waals surface area (Å²) in [4.78, 5) is 31.4. The summed E-state index contributed by atoms with van der Waals surface area (Å²) >= 11 is 0. The van der Waals surface area contributed by atoms with Crippen molar-refractivity contribution >= 4 is 11.8 Å². The summed E-state index contributed by atoms with van der Waals surface area (Å²) in [7, 11) is 0. The second-order valence-corrected chi connectivity index (χ2v) is 20.0. The molecule has 0 aromatic rings. The van der Waals surface area contributed by atoms with Crippen LogP contribution in [-0.4, -0.2) is 85.2 Å². The van der Waals surface area contributed by atoms with E-state index in [0.29, 0.717) is 30.7 Å². The molecule has 2 amide bonds. The number of carbonyl (C=O) groups excluding carboxylic acids is 2. The highest BCUT2D eigenvalue weighted by molar-refractivity contribution is 5.76. The lowest BCUT2D eigenvalue weighted by Crippen LogP contribution is -2.43. The average Bonchev–Trinajstić information content (AvgIpc) is 3.56. The summed E-state index contributed by atoms with van der Waals surface area (Å²) in [5.74, 6) is 1.63. The van der Waals surface area contributed by atoms with Crippen LogP contribution in [0.3, 0.4) is 0 Å². The Kier molecular flexibility index (Phi) is 42.7. The molecule has 0 radical (unpaired) electrons. The van der Waals surface area contributed by atoms with Crippen LogP contribution in [0.5, 0.6) is 0 Å². The Labute approximate surface area is 387 Å². The smallest absolute Gasteiger partial charge is 0.220 e. The first-order valence-corrected chi connectivity index (χ1v) is 28.1. The van der Waals surface area contributed by atoms with Crippen molar-refractivity contribution in [2.45, 2.75) is 278 Å². The van der Waals surface area contributed by atoms with Gasteiger partial charge in [0, 0.05) is 51.6 Å². The largest absolute Gasteiger partial charge is 0.395 e. The van der Waals surface area contributed by atoms with E-state index in [9.17, 15) is 14.7 Å². The number of aliphatic hydroxyl groups excluding tert-OH is 1. The summed E-state index contributed by atoms with van der Waals surface area (Å²) in [5.41, 5.74) is 0. The van der Waals surface area contributed by atoms with Gasteiger partial charge in [-0.05, 0) is 89.1 Å². The first-order valence-electron chi connectivity index (χ1n) is 28.1. The predicted octanol–water partition coefficient (Wildman–Crippen LogP) is 14.3. The number of aliphatic hydroxyl groups is 1. The zero-order valence-corrected chi connectivity index (χ0v) is 42.4. The third-order valence-corrected chi connectivity index (χ3v) is 14.2. The number of nitrogens with one attached hydrogen (secondary N) is 2. The van der Waals surface area contributed by atoms with Crippen molar-refractivity contribution in [1.82, 2.24) is 20.4 Å². The van der Waals surface area contributed by atoms with E-state index < -0.39 is 0 Å². The lowest BCUT2D eigenvalue weighted by Gasteiger charge is -2.33. The molecule has 368 valence electrons. The molecule has 1 aliphatic rings. The average molecular weight is 876 g/mol. The molecule has 0 heterocycles. The third-order valence-electron chi connectivity index (χ3n) is 14.2. The number of unbranched alkanes of at least 4 members (excludes halogenated alkanes) is 20. The van der Waals surface area contributed by atoms with Gasteiger partial charge >= 0.3 is 0 Å². The van der Waals surface area contributed by atoms with E-state index >= 15 is 0 Å². The number of nitrogens with zero attached hydrogens (tertiary/aromatic N) is 2. The maximum Gasteiger partial charge on any atom is 0.220 e. The van der Waals surface area contributed by atoms with Crippen molar-refractivity contribution in [3.63, 3.8) is 0 Å². The number of rotatable bonds is 46. The van der Waals surface area contributed by atoms with Crippen LogP contribution >= 0.6 is 0 Å². The molecule has 1 aliphatic carbocycles. The van der Waals surface area contributed by atoms with Gasteiger partial charge in [0.2, 0.25) is 11.8 Å². The van der Waals surface area contributed by atoms with Gasteiger partial charge in [-0.2, -0.15) is 0 Å². The Morgan fingerprint density at radius 3 is 1.23 bits per heavy atom. The highest BCUT2D eigenvalue weighted by Crippen LogP contribution is 2.24. The fourth-order valence-corrected chi connectivity index (χ4v) is 10.1. The van der Waals surface area contributed by atoms with Gasteiger partial charge in [0.05, 0.1) is 6.61 Å². The fourth-order valence-electron chi connectivity index (χ4n) is 10.1. The van der Waals surface area contributed by atoms with Crippen molar-refractivity contribution < 1.29 is 14.7 Å². The normalized spacial score (nSPS) is 14.7. The van der Waals surface area contributed by atoms with Gasteiger partial charge in [-0.15, -0.1) is 0 Å². The van der Waals surface area contributed by atoms with Crippen LogP contribution in [0.2, 0.25) is 0 Å². The van der Waals surface area contributed by atoms with Crippen molar-refractivity contribution in [1.29, 1.82) is 0 Å². The molecule has 7 heteroatoms. The quantitative estimate of drug-likeness (QED) is 0.0419. The van der Waals surface area contributed by atoms with Crippen molar-refractivity contribution in [2.24, 2.45) is 11.8 Å². The minimum Gasteiger partial charge on any atom is -0.395 e. The lowest BCUT2D eigenvalue weighted by atomic mass is 9.91. The van der Waals surface area contributed by atoms with Gasteiger partial charge in [0.1, 0.15) is 0 Å². The minimum atomic E-state index is 0.241. The van der Waals surface area contributed by atoms with Crippen LogP contribution in [0.15, 0.2) is 0 Å². The summed E-state index contributed by atoms with van der Waals surface area (Å²) in [5, 5.41) is 16.6. The zero-order chi connectivity index (χ0) is 45.0. The van der Waals surface area contributed by atoms with Crippen molar-refractivity contribution in [2.75, 3.05) is 52.4 Å². The third kappa shape index (κ3) is 36.1. The minimum absolute atomic E-state index is 0.241. The van der Waals surface area contributed by atoms with Gasteiger partial charge in [-0.3, -0.25) is 14.5 Å². The first-order chi connectivity index (χ1) is 30.5. The Bertz CT molecular complexity index is 899. The van der Waals surface area contributed by atoms with Crippen LogP contribution in [-0.2, 0) is 9.59 Å². The molecule has 0 saturated heterocycles. The highest BCUT2D eigenvalue weighted by Gasteiger charge is 2.21. The topological polar surface area (TPSA) is 84.9 Å². The number of amides is 2. The standard InChI is InChI=1S/C55H110N4O3/c1-5-9-13-17-19-27-37-51(35-25-15-11-7-3)49-54(61)56-41-31-23-33-43-58(45-46-59(47-48-60)53-39-29-21-22-30-40-53)44-34-24-32-42-57-55(62)50-52(36-26-16-12-8-4)38-28-20-18-14-10-6-2/h51-53,60H,5-50H2,1-4H3,(H,56,61)(H,57,62). The van der Waals surface area contributed by atoms with E-state index in [2.05, 4.69) is 48.1 Å². The van der Waals surface area contributed by atoms with E-state index in [1.54, 1.807) is 0 Å². The molecule has 62 heavy (non-hydrogen) atoms. The number of hydrogen-bond donors (Lipinski definition) is 3. The maximum absolute atomic E-state index is 13.1. The molecule has 2 atom stereocenters. The lowest BCUT2D eigenvalue weighted by molar-refractivity contribution is -0.123. The molecule has 1 saturated carbocycles. The van der Waals surface area contributed by atoms with Gasteiger partial charge in [0.15, 0.2) is 0 Å². The Hall–Kier alpha value is -1.18. The summed E-state index contributed by atoms with van der Waals surface area (Å²) < 4.78 is 0. The van der Waals surface area contributed by atoms with E-state index in [-0.39, 0.29) is 18.4 Å². The Morgan fingerprint density at radius 1 is 0.452 bits per heavy atom. The molecule has 0 aromatic heterocycles. The van der Waals surface area contributed by atoms with Gasteiger partial charge in [-0.25, -0.2) is 0 Å². The van der Waals surface area contributed by atoms with E-state index in [0.717, 1.165) is 84.3 Å². The molecule has 0 aromatic carbocycles. The molecule has 7 nitrogen and oxygen atoms in total. The number of carbonyl (C=O) groups is 2. The molecular weight excluding hydrogens is 765 g/mol. The van der Waals surface area contributed by atoms with E-state index in [4.69, 9.17) is 0 Å². The van der Waals surface area contributed by atoms with Crippen molar-refractivity contribution in [3.05, 3.63) is 0 Å². The summed E-state index contributed by atoms with van der Waals surface area (Å²) in [6.07, 6.45) is 47.1. The number of hydrogen-bond acceptors (Lipinski definition) is 5. The molecule has 2 unspecified atom stereocenters. The van der Waals surface area contributed by atoms with E-state index in [1.807, 2.05) is 0 Å². The van der Waals surface area contributed by atoms with Gasteiger partial charge < -0.3 is 20.6 Å². The summed E-state index contributed by atoms with van der Waals surface area (Å²) in [6, 6.07) is 0.613. The second kappa shape index (κ2) is 45.0. The first kappa shape index (κ1) is 58.8. The molecule has 0 aliphatic heterocycles. The molecule has 0 spiro atoms. The van der Waals surface area contributed by atoms with Gasteiger partial charge in [-0.1, -0.05) is 195 Å². The van der Waals surface area contributed by atoms with Gasteiger partial charge in [0.25, 0.3) is 0 Å². The zero-order valence-electron chi connectivity index (χ0n) is 42.4. The maximum atomic E-state index is 13.1. The summed E-state index contributed by atoms with van der Waals surface area (Å²) in [6.45, 7) is 16.0. The van der Waals surface area contributed by atoms with Crippen LogP contribution in [0.1, 0.15) is 272 Å². The van der Waals surface area contributed by atoms with E-state index in [1.165, 1.54) is 193 Å². The molecule has 1 rings (SSSR count). The molecule has 0 bridgehead atoms. The van der Waals surface area contributed by atoms with Crippen LogP contribution < -0.4 is 10.6 Å². The Morgan fingerprint density at radius 2 is 0.823 bits per heavy atom. The predicted molar refractivity (Wildman–Crippen MR) is 270 cm³/mol. The monoisotopic (exact) mass is 875 g/mol. The molecule has 1 fully saturated rings. The molecular formula is C55H110N4O3. The Balaban J connectivity index is 2.57. The van der Waals surface area contributed by atoms with Crippen LogP contribution in [0.4, 0.5) is 0 Å². The van der Waals surface area contributed by atoms with Crippen LogP contribution in [0, 0.1) is 11.8 Å². The fraction of sp³-hybridized carbons (Fsp3) is 0.964. The van der Waals surface area contributed by atoms with Crippen molar-refractivity contribution in [3.8, 4) is 0 Å². The van der Waals surface area contributed by atoms with Crippen LogP contribution in [0.25, 0.3) is 0 Å².